The molecule has 3 heterocycles. The summed E-state index contributed by atoms with van der Waals surface area (Å²) in [7, 11) is 0. The van der Waals surface area contributed by atoms with Crippen molar-refractivity contribution in [2.75, 3.05) is 0 Å². The second kappa shape index (κ2) is 17.4. The zero-order chi connectivity index (χ0) is 48.1. The number of fused-ring (bicyclic) bond motifs is 6. The van der Waals surface area contributed by atoms with Crippen LogP contribution in [-0.2, 0) is 0 Å². The molecule has 0 radical (unpaired) electrons. The van der Waals surface area contributed by atoms with Gasteiger partial charge in [-0.05, 0) is 106 Å². The van der Waals surface area contributed by atoms with E-state index in [1.54, 1.807) is 0 Å². The maximum Gasteiger partial charge on any atom is 0.166 e. The highest BCUT2D eigenvalue weighted by atomic mass is 15.1. The van der Waals surface area contributed by atoms with Crippen LogP contribution in [0.3, 0.4) is 0 Å². The molecule has 0 saturated heterocycles. The van der Waals surface area contributed by atoms with Crippen molar-refractivity contribution < 1.29 is 0 Å². The lowest BCUT2D eigenvalue weighted by Crippen LogP contribution is -2.06. The maximum atomic E-state index is 10.5. The van der Waals surface area contributed by atoms with Gasteiger partial charge in [-0.25, -0.2) is 15.0 Å². The highest BCUT2D eigenvalue weighted by Gasteiger charge is 2.24. The first kappa shape index (κ1) is 41.9. The molecule has 0 N–H and O–H groups in total. The molecule has 0 aliphatic rings. The van der Waals surface area contributed by atoms with Crippen molar-refractivity contribution in [3.8, 4) is 91.1 Å². The van der Waals surface area contributed by atoms with E-state index in [9.17, 15) is 10.5 Å². The van der Waals surface area contributed by atoms with Gasteiger partial charge in [0.2, 0.25) is 0 Å². The van der Waals surface area contributed by atoms with Crippen molar-refractivity contribution in [1.82, 2.24) is 24.1 Å². The number of para-hydroxylation sites is 2. The lowest BCUT2D eigenvalue weighted by atomic mass is 9.97. The van der Waals surface area contributed by atoms with Crippen molar-refractivity contribution >= 4 is 43.6 Å². The lowest BCUT2D eigenvalue weighted by molar-refractivity contribution is 1.06. The van der Waals surface area contributed by atoms with Gasteiger partial charge >= 0.3 is 0 Å². The van der Waals surface area contributed by atoms with Crippen LogP contribution in [0.5, 0.6) is 0 Å². The number of aromatic nitrogens is 5. The molecule has 0 unspecified atom stereocenters. The molecule has 0 amide bonds. The van der Waals surface area contributed by atoms with Crippen molar-refractivity contribution in [2.24, 2.45) is 0 Å². The first-order chi connectivity index (χ1) is 35.6. The summed E-state index contributed by atoms with van der Waals surface area (Å²) in [5.41, 5.74) is 15.2. The molecule has 7 nitrogen and oxygen atoms in total. The lowest BCUT2D eigenvalue weighted by Gasteiger charge is -2.18. The third-order valence-electron chi connectivity index (χ3n) is 13.7. The van der Waals surface area contributed by atoms with Crippen LogP contribution < -0.4 is 0 Å². The minimum Gasteiger partial charge on any atom is -0.309 e. The fourth-order valence-electron chi connectivity index (χ4n) is 10.3. The van der Waals surface area contributed by atoms with Gasteiger partial charge in [-0.2, -0.15) is 10.5 Å². The summed E-state index contributed by atoms with van der Waals surface area (Å²) in [6.45, 7) is 0. The Labute approximate surface area is 415 Å². The molecule has 7 heteroatoms. The number of benzene rings is 10. The van der Waals surface area contributed by atoms with E-state index in [4.69, 9.17) is 15.0 Å². The Kier molecular flexibility index (Phi) is 10.1. The number of nitriles is 2. The molecule has 0 fully saturated rings. The molecule has 3 aromatic heterocycles. The number of hydrogen-bond acceptors (Lipinski definition) is 5. The monoisotopic (exact) mass is 917 g/mol. The third kappa shape index (κ3) is 7.08. The van der Waals surface area contributed by atoms with E-state index in [-0.39, 0.29) is 0 Å². The Morgan fingerprint density at radius 1 is 0.292 bits per heavy atom. The van der Waals surface area contributed by atoms with Gasteiger partial charge in [0.1, 0.15) is 0 Å². The van der Waals surface area contributed by atoms with E-state index in [1.165, 1.54) is 0 Å². The molecule has 0 spiro atoms. The van der Waals surface area contributed by atoms with Crippen LogP contribution in [0.4, 0.5) is 0 Å². The van der Waals surface area contributed by atoms with Gasteiger partial charge in [0.25, 0.3) is 0 Å². The molecule has 10 aromatic carbocycles. The molecule has 0 saturated carbocycles. The Morgan fingerprint density at radius 2 is 0.778 bits per heavy atom. The van der Waals surface area contributed by atoms with Crippen LogP contribution in [0.15, 0.2) is 237 Å². The second-order valence-electron chi connectivity index (χ2n) is 17.8. The average molecular weight is 918 g/mol. The van der Waals surface area contributed by atoms with Crippen LogP contribution in [-0.4, -0.2) is 24.1 Å². The van der Waals surface area contributed by atoms with Crippen LogP contribution in [0.2, 0.25) is 0 Å². The molecule has 0 aliphatic heterocycles. The summed E-state index contributed by atoms with van der Waals surface area (Å²) >= 11 is 0. The zero-order valence-corrected chi connectivity index (χ0v) is 38.6. The maximum absolute atomic E-state index is 10.5. The zero-order valence-electron chi connectivity index (χ0n) is 38.6. The van der Waals surface area contributed by atoms with Gasteiger partial charge < -0.3 is 9.13 Å². The fourth-order valence-corrected chi connectivity index (χ4v) is 10.3. The van der Waals surface area contributed by atoms with E-state index in [0.717, 1.165) is 105 Å². The van der Waals surface area contributed by atoms with Gasteiger partial charge in [0.05, 0.1) is 56.7 Å². The SMILES string of the molecule is N#Cc1ccc(-c2nc(-c3ccccc3)nc(-c3cc(-c4ccccc4C#N)ccc3-n3c4ccccc4c4cc(-c5ccccc5)ccc43)n2)c(-n2c3ccccc3c3cc(-c4ccccc4)ccc32)c1. The predicted molar refractivity (Wildman–Crippen MR) is 291 cm³/mol. The minimum atomic E-state index is 0.439. The fraction of sp³-hybridized carbons (Fsp3) is 0. The van der Waals surface area contributed by atoms with Crippen LogP contribution in [0.25, 0.3) is 123 Å². The highest BCUT2D eigenvalue weighted by molar-refractivity contribution is 6.12. The summed E-state index contributed by atoms with van der Waals surface area (Å²) in [6.07, 6.45) is 0. The number of hydrogen-bond donors (Lipinski definition) is 0. The van der Waals surface area contributed by atoms with Crippen molar-refractivity contribution in [3.05, 3.63) is 248 Å². The minimum absolute atomic E-state index is 0.439. The van der Waals surface area contributed by atoms with Crippen molar-refractivity contribution in [1.29, 1.82) is 10.5 Å². The van der Waals surface area contributed by atoms with E-state index in [1.807, 2.05) is 91.0 Å². The smallest absolute Gasteiger partial charge is 0.166 e. The Bertz CT molecular complexity index is 4350. The molecule has 0 bridgehead atoms. The summed E-state index contributed by atoms with van der Waals surface area (Å²) < 4.78 is 4.53. The van der Waals surface area contributed by atoms with Crippen LogP contribution in [0, 0.1) is 22.7 Å². The molecule has 13 rings (SSSR count). The van der Waals surface area contributed by atoms with Crippen LogP contribution in [0.1, 0.15) is 11.1 Å². The first-order valence-electron chi connectivity index (χ1n) is 23.8. The quantitative estimate of drug-likeness (QED) is 0.151. The Morgan fingerprint density at radius 3 is 1.38 bits per heavy atom. The molecule has 0 aliphatic carbocycles. The average Bonchev–Trinajstić information content (AvgIpc) is 3.97. The number of nitrogens with zero attached hydrogens (tertiary/aromatic N) is 7. The summed E-state index contributed by atoms with van der Waals surface area (Å²) in [6, 6.07) is 85.5. The Balaban J connectivity index is 1.09. The van der Waals surface area contributed by atoms with Gasteiger partial charge in [-0.1, -0.05) is 164 Å². The highest BCUT2D eigenvalue weighted by Crippen LogP contribution is 2.42. The summed E-state index contributed by atoms with van der Waals surface area (Å²) in [4.78, 5) is 16.2. The largest absolute Gasteiger partial charge is 0.309 e. The normalized spacial score (nSPS) is 11.3. The molecule has 72 heavy (non-hydrogen) atoms. The first-order valence-corrected chi connectivity index (χ1v) is 23.8. The standard InChI is InChI=1S/C65H39N7/c66-40-42-28-32-53(62(36-42)72-58-27-15-13-25-52(58)55-38-47(30-34-60(55)72)44-18-6-2-7-19-44)64-68-63(45-20-8-3-9-21-45)69-65(70-64)56-39-48(50-23-11-10-22-49(50)41-67)31-35-61(56)71-57-26-14-12-24-51(57)54-37-46(29-33-59(54)71)43-16-4-1-5-17-43/h1-39H. The molecule has 0 atom stereocenters. The summed E-state index contributed by atoms with van der Waals surface area (Å²) in [5, 5.41) is 25.2. The number of rotatable bonds is 8. The van der Waals surface area contributed by atoms with E-state index < -0.39 is 0 Å². The summed E-state index contributed by atoms with van der Waals surface area (Å²) in [5.74, 6) is 1.37. The topological polar surface area (TPSA) is 96.1 Å². The van der Waals surface area contributed by atoms with Crippen molar-refractivity contribution in [3.63, 3.8) is 0 Å². The van der Waals surface area contributed by atoms with Crippen molar-refractivity contribution in [2.45, 2.75) is 0 Å². The predicted octanol–water partition coefficient (Wildman–Crippen LogP) is 15.8. The van der Waals surface area contributed by atoms with E-state index in [2.05, 4.69) is 167 Å². The third-order valence-corrected chi connectivity index (χ3v) is 13.7. The van der Waals surface area contributed by atoms with Gasteiger partial charge in [0.15, 0.2) is 17.5 Å². The van der Waals surface area contributed by atoms with Gasteiger partial charge in [-0.15, -0.1) is 0 Å². The molecular formula is C65H39N7. The Hall–Kier alpha value is -10.2. The van der Waals surface area contributed by atoms with Crippen LogP contribution >= 0.6 is 0 Å². The van der Waals surface area contributed by atoms with Gasteiger partial charge in [0, 0.05) is 38.2 Å². The van der Waals surface area contributed by atoms with E-state index >= 15 is 0 Å². The molecule has 334 valence electrons. The molecule has 13 aromatic rings. The second-order valence-corrected chi connectivity index (χ2v) is 17.8. The van der Waals surface area contributed by atoms with Gasteiger partial charge in [-0.3, -0.25) is 0 Å². The van der Waals surface area contributed by atoms with E-state index in [0.29, 0.717) is 28.6 Å². The molecular weight excluding hydrogens is 879 g/mol.